The molecule has 0 unspecified atom stereocenters. The van der Waals surface area contributed by atoms with E-state index in [2.05, 4.69) is 10.6 Å². The number of benzene rings is 3. The average molecular weight is 624 g/mol. The van der Waals surface area contributed by atoms with Gasteiger partial charge in [-0.15, -0.1) is 0 Å². The Labute approximate surface area is 243 Å². The molecule has 0 aromatic heterocycles. The number of anilines is 3. The van der Waals surface area contributed by atoms with Crippen LogP contribution in [0.2, 0.25) is 0 Å². The molecule has 1 aliphatic rings. The summed E-state index contributed by atoms with van der Waals surface area (Å²) in [6.45, 7) is 2.52. The maximum atomic E-state index is 13.9. The summed E-state index contributed by atoms with van der Waals surface area (Å²) in [5.41, 5.74) is -2.92. The Morgan fingerprint density at radius 3 is 2.23 bits per heavy atom. The van der Waals surface area contributed by atoms with E-state index >= 15 is 0 Å². The van der Waals surface area contributed by atoms with Gasteiger partial charge in [0.05, 0.1) is 35.5 Å². The first-order chi connectivity index (χ1) is 19.9. The van der Waals surface area contributed by atoms with Crippen molar-refractivity contribution in [1.29, 1.82) is 0 Å². The molecule has 0 atom stereocenters. The molecule has 16 heteroatoms. The molecule has 0 spiro atoms. The van der Waals surface area contributed by atoms with E-state index in [4.69, 9.17) is 9.88 Å². The SMILES string of the molecule is COc1ccc(CN2C(=O)N(c3ccc(F)c(C(F)(F)F)c3)C(=O)C2(C)C)c(NC(=O)Nc2ccc(S(N)(=O)=O)cc2)c1. The number of hydrogen-bond acceptors (Lipinski definition) is 6. The normalized spacial score (nSPS) is 15.1. The van der Waals surface area contributed by atoms with Crippen LogP contribution in [0.25, 0.3) is 0 Å². The fraction of sp³-hybridized carbons (Fsp3) is 0.222. The Morgan fingerprint density at radius 2 is 1.65 bits per heavy atom. The van der Waals surface area contributed by atoms with Crippen molar-refractivity contribution < 1.29 is 45.1 Å². The molecular weight excluding hydrogens is 598 g/mol. The fourth-order valence-corrected chi connectivity index (χ4v) is 4.83. The van der Waals surface area contributed by atoms with Gasteiger partial charge in [0.15, 0.2) is 0 Å². The second-order valence-corrected chi connectivity index (χ2v) is 11.5. The van der Waals surface area contributed by atoms with Crippen LogP contribution in [0.1, 0.15) is 25.0 Å². The minimum atomic E-state index is -5.06. The number of methoxy groups -OCH3 is 1. The van der Waals surface area contributed by atoms with Crippen LogP contribution in [0.3, 0.4) is 0 Å². The molecule has 4 rings (SSSR count). The first-order valence-corrected chi connectivity index (χ1v) is 13.9. The summed E-state index contributed by atoms with van der Waals surface area (Å²) in [6, 6.07) is 9.64. The minimum absolute atomic E-state index is 0.161. The molecule has 0 aliphatic carbocycles. The monoisotopic (exact) mass is 623 g/mol. The molecular formula is C27H25F4N5O6S. The van der Waals surface area contributed by atoms with E-state index in [0.717, 1.165) is 11.0 Å². The summed E-state index contributed by atoms with van der Waals surface area (Å²) in [4.78, 5) is 41.0. The third kappa shape index (κ3) is 6.39. The van der Waals surface area contributed by atoms with Gasteiger partial charge in [0, 0.05) is 11.8 Å². The third-order valence-corrected chi connectivity index (χ3v) is 7.60. The van der Waals surface area contributed by atoms with E-state index in [1.807, 2.05) is 0 Å². The van der Waals surface area contributed by atoms with Crippen LogP contribution < -0.4 is 25.4 Å². The zero-order valence-electron chi connectivity index (χ0n) is 22.8. The summed E-state index contributed by atoms with van der Waals surface area (Å²) in [5, 5.41) is 10.2. The van der Waals surface area contributed by atoms with Crippen molar-refractivity contribution in [2.75, 3.05) is 22.6 Å². The molecule has 0 radical (unpaired) electrons. The molecule has 11 nitrogen and oxygen atoms in total. The highest BCUT2D eigenvalue weighted by molar-refractivity contribution is 7.89. The third-order valence-electron chi connectivity index (χ3n) is 6.67. The summed E-state index contributed by atoms with van der Waals surface area (Å²) in [6.07, 6.45) is -5.06. The molecule has 1 heterocycles. The van der Waals surface area contributed by atoms with E-state index in [9.17, 15) is 40.4 Å². The van der Waals surface area contributed by atoms with E-state index in [1.54, 1.807) is 0 Å². The largest absolute Gasteiger partial charge is 0.497 e. The first kappa shape index (κ1) is 31.2. The van der Waals surface area contributed by atoms with Crippen LogP contribution in [0.5, 0.6) is 5.75 Å². The van der Waals surface area contributed by atoms with Crippen molar-refractivity contribution in [2.45, 2.75) is 37.0 Å². The topological polar surface area (TPSA) is 151 Å². The number of primary sulfonamides is 1. The number of carbonyl (C=O) groups excluding carboxylic acids is 3. The number of nitrogens with zero attached hydrogens (tertiary/aromatic N) is 2. The smallest absolute Gasteiger partial charge is 0.419 e. The number of alkyl halides is 3. The summed E-state index contributed by atoms with van der Waals surface area (Å²) >= 11 is 0. The van der Waals surface area contributed by atoms with E-state index < -0.39 is 56.8 Å². The fourth-order valence-electron chi connectivity index (χ4n) is 4.32. The number of urea groups is 2. The van der Waals surface area contributed by atoms with Gasteiger partial charge in [-0.3, -0.25) is 4.79 Å². The highest BCUT2D eigenvalue weighted by Crippen LogP contribution is 2.38. The molecule has 228 valence electrons. The van der Waals surface area contributed by atoms with Crippen LogP contribution in [-0.2, 0) is 27.5 Å². The lowest BCUT2D eigenvalue weighted by Gasteiger charge is -2.28. The van der Waals surface area contributed by atoms with Crippen LogP contribution in [0.15, 0.2) is 65.6 Å². The molecule has 3 aromatic carbocycles. The van der Waals surface area contributed by atoms with E-state index in [-0.39, 0.29) is 22.8 Å². The van der Waals surface area contributed by atoms with Crippen molar-refractivity contribution in [2.24, 2.45) is 5.14 Å². The lowest BCUT2D eigenvalue weighted by atomic mass is 10.0. The van der Waals surface area contributed by atoms with Gasteiger partial charge >= 0.3 is 18.2 Å². The van der Waals surface area contributed by atoms with Gasteiger partial charge in [0.2, 0.25) is 10.0 Å². The van der Waals surface area contributed by atoms with Gasteiger partial charge in [-0.2, -0.15) is 13.2 Å². The van der Waals surface area contributed by atoms with E-state index in [0.29, 0.717) is 28.3 Å². The maximum Gasteiger partial charge on any atom is 0.419 e. The zero-order valence-corrected chi connectivity index (χ0v) is 23.6. The predicted molar refractivity (Wildman–Crippen MR) is 147 cm³/mol. The maximum absolute atomic E-state index is 13.9. The molecule has 1 aliphatic heterocycles. The van der Waals surface area contributed by atoms with Gasteiger partial charge in [0.1, 0.15) is 17.1 Å². The Kier molecular flexibility index (Phi) is 8.12. The van der Waals surface area contributed by atoms with Crippen molar-refractivity contribution >= 4 is 45.1 Å². The first-order valence-electron chi connectivity index (χ1n) is 12.3. The molecule has 1 saturated heterocycles. The molecule has 43 heavy (non-hydrogen) atoms. The number of rotatable bonds is 7. The molecule has 0 bridgehead atoms. The lowest BCUT2D eigenvalue weighted by Crippen LogP contribution is -2.43. The number of amides is 5. The predicted octanol–water partition coefficient (Wildman–Crippen LogP) is 4.89. The second-order valence-electron chi connectivity index (χ2n) is 9.90. The van der Waals surface area contributed by atoms with Crippen LogP contribution >= 0.6 is 0 Å². The summed E-state index contributed by atoms with van der Waals surface area (Å²) in [5.74, 6) is -2.08. The van der Waals surface area contributed by atoms with Gasteiger partial charge in [0.25, 0.3) is 5.91 Å². The number of nitrogens with one attached hydrogen (secondary N) is 2. The minimum Gasteiger partial charge on any atom is -0.497 e. The summed E-state index contributed by atoms with van der Waals surface area (Å²) < 4.78 is 82.0. The van der Waals surface area contributed by atoms with Crippen LogP contribution in [0, 0.1) is 5.82 Å². The van der Waals surface area contributed by atoms with Crippen molar-refractivity contribution in [3.05, 3.63) is 77.6 Å². The zero-order chi connectivity index (χ0) is 31.9. The van der Waals surface area contributed by atoms with Gasteiger partial charge < -0.3 is 20.3 Å². The molecule has 1 fully saturated rings. The number of hydrogen-bond donors (Lipinski definition) is 3. The Bertz CT molecular complexity index is 1710. The summed E-state index contributed by atoms with van der Waals surface area (Å²) in [7, 11) is -2.56. The number of ether oxygens (including phenoxy) is 1. The quantitative estimate of drug-likeness (QED) is 0.252. The Morgan fingerprint density at radius 1 is 1.00 bits per heavy atom. The Hall–Kier alpha value is -4.70. The van der Waals surface area contributed by atoms with Gasteiger partial charge in [-0.05, 0) is 67.9 Å². The van der Waals surface area contributed by atoms with Gasteiger partial charge in [-0.1, -0.05) is 6.07 Å². The van der Waals surface area contributed by atoms with Crippen molar-refractivity contribution in [3.8, 4) is 5.75 Å². The number of imide groups is 1. The number of carbonyl (C=O) groups is 3. The molecule has 4 N–H and O–H groups in total. The average Bonchev–Trinajstić information content (AvgIpc) is 3.08. The number of halogens is 4. The van der Waals surface area contributed by atoms with Crippen molar-refractivity contribution in [1.82, 2.24) is 4.90 Å². The molecule has 0 saturated carbocycles. The highest BCUT2D eigenvalue weighted by atomic mass is 32.2. The van der Waals surface area contributed by atoms with Gasteiger partial charge in [-0.25, -0.2) is 32.4 Å². The lowest BCUT2D eigenvalue weighted by molar-refractivity contribution is -0.140. The van der Waals surface area contributed by atoms with Crippen LogP contribution in [0.4, 0.5) is 44.2 Å². The standard InChI is InChI=1S/C27H25F4N5O6S/c1-26(2)23(37)36(17-7-11-21(28)20(12-17)27(29,30)31)25(39)35(26)14-15-4-8-18(42-3)13-22(15)34-24(38)33-16-5-9-19(10-6-16)43(32,40)41/h4-13H,14H2,1-3H3,(H2,32,40,41)(H2,33,34,38). The second kappa shape index (κ2) is 11.2. The molecule has 3 aromatic rings. The van der Waals surface area contributed by atoms with E-state index in [1.165, 1.54) is 63.4 Å². The number of nitrogens with two attached hydrogens (primary N) is 1. The Balaban J connectivity index is 1.61. The highest BCUT2D eigenvalue weighted by Gasteiger charge is 2.52. The van der Waals surface area contributed by atoms with Crippen LogP contribution in [-0.4, -0.2) is 43.9 Å². The number of sulfonamides is 1. The molecule has 5 amide bonds. The van der Waals surface area contributed by atoms with Crippen molar-refractivity contribution in [3.63, 3.8) is 0 Å².